The highest BCUT2D eigenvalue weighted by Gasteiger charge is 2.19. The van der Waals surface area contributed by atoms with Gasteiger partial charge in [0.15, 0.2) is 9.84 Å². The van der Waals surface area contributed by atoms with Crippen molar-refractivity contribution in [1.82, 2.24) is 0 Å². The number of aliphatic hydroxyl groups is 1. The van der Waals surface area contributed by atoms with Crippen molar-refractivity contribution < 1.29 is 17.9 Å². The zero-order chi connectivity index (χ0) is 11.5. The lowest BCUT2D eigenvalue weighted by Crippen LogP contribution is -2.16. The van der Waals surface area contributed by atoms with Gasteiger partial charge in [0, 0.05) is 11.3 Å². The Morgan fingerprint density at radius 3 is 2.53 bits per heavy atom. The highest BCUT2D eigenvalue weighted by atomic mass is 32.2. The predicted octanol–water partition coefficient (Wildman–Crippen LogP) is 1.29. The Labute approximate surface area is 88.5 Å². The molecule has 1 atom stereocenters. The molecule has 1 aromatic carbocycles. The number of rotatable bonds is 4. The van der Waals surface area contributed by atoms with Crippen LogP contribution in [0.2, 0.25) is 0 Å². The smallest absolute Gasteiger partial charge is 0.152 e. The Hall–Kier alpha value is -0.940. The van der Waals surface area contributed by atoms with Crippen molar-refractivity contribution in [1.29, 1.82) is 0 Å². The zero-order valence-electron chi connectivity index (χ0n) is 8.35. The summed E-state index contributed by atoms with van der Waals surface area (Å²) >= 11 is 0. The van der Waals surface area contributed by atoms with E-state index in [0.717, 1.165) is 0 Å². The highest BCUT2D eigenvalue weighted by Crippen LogP contribution is 2.18. The summed E-state index contributed by atoms with van der Waals surface area (Å²) in [5.41, 5.74) is 0.0227. The molecule has 3 nitrogen and oxygen atoms in total. The van der Waals surface area contributed by atoms with E-state index in [1.807, 2.05) is 0 Å². The van der Waals surface area contributed by atoms with Crippen molar-refractivity contribution in [3.63, 3.8) is 0 Å². The molecule has 0 radical (unpaired) electrons. The second-order valence-electron chi connectivity index (χ2n) is 3.24. The topological polar surface area (TPSA) is 54.4 Å². The van der Waals surface area contributed by atoms with E-state index in [9.17, 15) is 17.9 Å². The maximum absolute atomic E-state index is 13.2. The van der Waals surface area contributed by atoms with E-state index in [1.165, 1.54) is 25.1 Å². The van der Waals surface area contributed by atoms with Gasteiger partial charge in [-0.3, -0.25) is 0 Å². The fourth-order valence-electron chi connectivity index (χ4n) is 1.19. The van der Waals surface area contributed by atoms with Crippen LogP contribution in [-0.4, -0.2) is 25.0 Å². The Balaban J connectivity index is 2.87. The third-order valence-electron chi connectivity index (χ3n) is 2.12. The highest BCUT2D eigenvalue weighted by molar-refractivity contribution is 7.91. The van der Waals surface area contributed by atoms with Crippen LogP contribution in [-0.2, 0) is 9.84 Å². The molecule has 0 aromatic heterocycles. The Kier molecular flexibility index (Phi) is 3.82. The molecular weight excluding hydrogens is 219 g/mol. The van der Waals surface area contributed by atoms with Crippen LogP contribution in [0.25, 0.3) is 0 Å². The molecule has 15 heavy (non-hydrogen) atoms. The largest absolute Gasteiger partial charge is 0.387 e. The van der Waals surface area contributed by atoms with Gasteiger partial charge in [-0.15, -0.1) is 0 Å². The number of sulfone groups is 1. The quantitative estimate of drug-likeness (QED) is 0.851. The lowest BCUT2D eigenvalue weighted by atomic mass is 10.1. The minimum Gasteiger partial charge on any atom is -0.387 e. The summed E-state index contributed by atoms with van der Waals surface area (Å²) in [5, 5.41) is 9.55. The van der Waals surface area contributed by atoms with Crippen LogP contribution >= 0.6 is 0 Å². The van der Waals surface area contributed by atoms with Gasteiger partial charge in [-0.05, 0) is 6.07 Å². The van der Waals surface area contributed by atoms with E-state index in [1.54, 1.807) is 6.07 Å². The monoisotopic (exact) mass is 232 g/mol. The molecular formula is C10H13FO3S. The molecule has 0 saturated carbocycles. The zero-order valence-corrected chi connectivity index (χ0v) is 9.17. The third-order valence-corrected chi connectivity index (χ3v) is 3.82. The average molecular weight is 232 g/mol. The van der Waals surface area contributed by atoms with Crippen molar-refractivity contribution in [2.24, 2.45) is 0 Å². The van der Waals surface area contributed by atoms with E-state index in [-0.39, 0.29) is 11.3 Å². The Bertz CT molecular complexity index is 428. The molecule has 0 spiro atoms. The summed E-state index contributed by atoms with van der Waals surface area (Å²) < 4.78 is 35.6. The van der Waals surface area contributed by atoms with Gasteiger partial charge in [0.2, 0.25) is 0 Å². The van der Waals surface area contributed by atoms with Crippen molar-refractivity contribution in [3.05, 3.63) is 35.6 Å². The molecule has 0 saturated heterocycles. The third kappa shape index (κ3) is 3.28. The average Bonchev–Trinajstić information content (AvgIpc) is 2.17. The predicted molar refractivity (Wildman–Crippen MR) is 55.7 cm³/mol. The second kappa shape index (κ2) is 4.72. The van der Waals surface area contributed by atoms with Crippen LogP contribution in [0.1, 0.15) is 18.6 Å². The minimum atomic E-state index is -3.30. The van der Waals surface area contributed by atoms with Crippen LogP contribution in [0.3, 0.4) is 0 Å². The fraction of sp³-hybridized carbons (Fsp3) is 0.400. The summed E-state index contributed by atoms with van der Waals surface area (Å²) in [6.45, 7) is 1.49. The van der Waals surface area contributed by atoms with Gasteiger partial charge in [0.05, 0.1) is 11.9 Å². The van der Waals surface area contributed by atoms with E-state index >= 15 is 0 Å². The van der Waals surface area contributed by atoms with Gasteiger partial charge >= 0.3 is 0 Å². The van der Waals surface area contributed by atoms with Gasteiger partial charge in [0.25, 0.3) is 0 Å². The lowest BCUT2D eigenvalue weighted by molar-refractivity contribution is 0.196. The summed E-state index contributed by atoms with van der Waals surface area (Å²) in [7, 11) is -3.30. The molecule has 0 aliphatic heterocycles. The first kappa shape index (κ1) is 12.1. The van der Waals surface area contributed by atoms with Gasteiger partial charge in [-0.2, -0.15) is 0 Å². The van der Waals surface area contributed by atoms with Crippen LogP contribution in [0.5, 0.6) is 0 Å². The first-order valence-corrected chi connectivity index (χ1v) is 6.41. The summed E-state index contributed by atoms with van der Waals surface area (Å²) in [5.74, 6) is -1.08. The van der Waals surface area contributed by atoms with Gasteiger partial charge in [0.1, 0.15) is 5.82 Å². The Morgan fingerprint density at radius 1 is 1.40 bits per heavy atom. The van der Waals surface area contributed by atoms with Crippen LogP contribution < -0.4 is 0 Å². The molecule has 5 heteroatoms. The van der Waals surface area contributed by atoms with Crippen molar-refractivity contribution in [3.8, 4) is 0 Å². The number of hydrogen-bond acceptors (Lipinski definition) is 3. The molecule has 1 unspecified atom stereocenters. The molecule has 0 amide bonds. The minimum absolute atomic E-state index is 0.0227. The van der Waals surface area contributed by atoms with E-state index in [0.29, 0.717) is 0 Å². The van der Waals surface area contributed by atoms with E-state index < -0.39 is 27.5 Å². The van der Waals surface area contributed by atoms with Crippen LogP contribution in [0, 0.1) is 5.82 Å². The summed E-state index contributed by atoms with van der Waals surface area (Å²) in [6, 6.07) is 5.61. The standard InChI is InChI=1S/C10H13FO3S/c1-2-15(13,14)7-10(12)8-5-3-4-6-9(8)11/h3-6,10,12H,2,7H2,1H3. The molecule has 1 aromatic rings. The van der Waals surface area contributed by atoms with Crippen molar-refractivity contribution >= 4 is 9.84 Å². The number of hydrogen-bond donors (Lipinski definition) is 1. The van der Waals surface area contributed by atoms with Crippen LogP contribution in [0.15, 0.2) is 24.3 Å². The maximum atomic E-state index is 13.2. The fourth-order valence-corrected chi connectivity index (χ4v) is 2.09. The Morgan fingerprint density at radius 2 is 2.00 bits per heavy atom. The number of benzene rings is 1. The normalized spacial score (nSPS) is 13.8. The van der Waals surface area contributed by atoms with E-state index in [2.05, 4.69) is 0 Å². The number of halogens is 1. The molecule has 1 rings (SSSR count). The SMILES string of the molecule is CCS(=O)(=O)CC(O)c1ccccc1F. The molecule has 1 N–H and O–H groups in total. The molecule has 0 aliphatic carbocycles. The first-order chi connectivity index (χ1) is 6.96. The number of aliphatic hydroxyl groups excluding tert-OH is 1. The maximum Gasteiger partial charge on any atom is 0.152 e. The van der Waals surface area contributed by atoms with Crippen molar-refractivity contribution in [2.75, 3.05) is 11.5 Å². The molecule has 0 fully saturated rings. The van der Waals surface area contributed by atoms with Gasteiger partial charge in [-0.25, -0.2) is 12.8 Å². The van der Waals surface area contributed by atoms with E-state index in [4.69, 9.17) is 0 Å². The van der Waals surface area contributed by atoms with Crippen molar-refractivity contribution in [2.45, 2.75) is 13.0 Å². The lowest BCUT2D eigenvalue weighted by Gasteiger charge is -2.11. The summed E-state index contributed by atoms with van der Waals surface area (Å²) in [4.78, 5) is 0. The molecule has 0 bridgehead atoms. The molecule has 84 valence electrons. The molecule has 0 aliphatic rings. The second-order valence-corrected chi connectivity index (χ2v) is 5.63. The first-order valence-electron chi connectivity index (χ1n) is 4.59. The van der Waals surface area contributed by atoms with Gasteiger partial charge < -0.3 is 5.11 Å². The van der Waals surface area contributed by atoms with Crippen LogP contribution in [0.4, 0.5) is 4.39 Å². The molecule has 0 heterocycles. The summed E-state index contributed by atoms with van der Waals surface area (Å²) in [6.07, 6.45) is -1.30. The van der Waals surface area contributed by atoms with Gasteiger partial charge in [-0.1, -0.05) is 25.1 Å².